The van der Waals surface area contributed by atoms with Crippen LogP contribution in [0.15, 0.2) is 0 Å². The molecule has 6 saturated heterocycles. The Balaban J connectivity index is -0.000000272. The van der Waals surface area contributed by atoms with Gasteiger partial charge in [-0.05, 0) is 186 Å². The Labute approximate surface area is 864 Å². The molecule has 0 saturated carbocycles. The van der Waals surface area contributed by atoms with Crippen molar-refractivity contribution in [1.29, 1.82) is 0 Å². The first-order chi connectivity index (χ1) is 61.4. The fraction of sp³-hybridized carbons (Fsp3) is 1.00. The molecule has 0 aliphatic carbocycles. The molecule has 131 heavy (non-hydrogen) atoms. The molecule has 6 aliphatic heterocycles. The van der Waals surface area contributed by atoms with Gasteiger partial charge in [-0.3, -0.25) is 0 Å². The Morgan fingerprint density at radius 1 is 0.305 bits per heavy atom. The lowest BCUT2D eigenvalue weighted by atomic mass is 10.2. The minimum atomic E-state index is -2.38. The monoisotopic (exact) mass is 2390 g/mol. The summed E-state index contributed by atoms with van der Waals surface area (Å²) >= 11 is 0. The molecule has 0 bridgehead atoms. The molecule has 0 spiro atoms. The molecule has 24 atom stereocenters. The van der Waals surface area contributed by atoms with Gasteiger partial charge in [0.2, 0.25) is 0 Å². The third-order valence-electron chi connectivity index (χ3n) is 18.4. The maximum absolute atomic E-state index is 6.68. The van der Waals surface area contributed by atoms with Gasteiger partial charge in [-0.15, -0.1) is 0 Å². The zero-order chi connectivity index (χ0) is 98.9. The number of hydrogen-bond acceptors (Lipinski definition) is 31. The highest BCUT2D eigenvalue weighted by molar-refractivity contribution is 6.85. The minimum Gasteiger partial charge on any atom is -0.446 e. The van der Waals surface area contributed by atoms with Gasteiger partial charge in [0, 0.05) is 17.7 Å². The van der Waals surface area contributed by atoms with Gasteiger partial charge in [-0.2, -0.15) is 0 Å². The Bertz CT molecular complexity index is 2250. The summed E-state index contributed by atoms with van der Waals surface area (Å²) in [5.74, 6) is 0. The summed E-state index contributed by atoms with van der Waals surface area (Å²) in [6, 6.07) is 8.63. The second-order valence-electron chi connectivity index (χ2n) is 29.7. The first-order valence-corrected chi connectivity index (χ1v) is 105. The van der Waals surface area contributed by atoms with Crippen molar-refractivity contribution in [3.8, 4) is 0 Å². The van der Waals surface area contributed by atoms with E-state index < -0.39 is 282 Å². The molecule has 0 amide bonds. The largest absolute Gasteiger partial charge is 0.466 e. The normalized spacial score (nSPS) is 32.4. The number of unbranched alkanes of at least 4 members (excludes halogenated alkanes) is 9. The second kappa shape index (κ2) is 104. The molecule has 6 rings (SSSR count). The topological polar surface area (TPSA) is 286 Å². The molecule has 61 heteroatoms. The van der Waals surface area contributed by atoms with E-state index in [2.05, 4.69) is 106 Å². The van der Waals surface area contributed by atoms with Gasteiger partial charge >= 0.3 is 91.4 Å². The molecule has 24 unspecified atom stereocenters. The Kier molecular flexibility index (Phi) is 122. The Hall–Kier alpha value is 5.27. The fourth-order valence-corrected chi connectivity index (χ4v) is 103. The van der Waals surface area contributed by atoms with Gasteiger partial charge in [-0.25, -0.2) is 0 Å². The van der Waals surface area contributed by atoms with Crippen LogP contribution in [-0.2, 0) is 129 Å². The van der Waals surface area contributed by atoms with E-state index in [1.807, 2.05) is 172 Å². The number of rotatable bonds is 43. The second-order valence-corrected chi connectivity index (χ2v) is 99.5. The summed E-state index contributed by atoms with van der Waals surface area (Å²) in [5, 5.41) is 0. The van der Waals surface area contributed by atoms with Crippen molar-refractivity contribution in [1.82, 2.24) is 0 Å². The van der Waals surface area contributed by atoms with Gasteiger partial charge in [0.1, 0.15) is 25.8 Å². The highest BCUT2D eigenvalue weighted by Crippen LogP contribution is 2.30. The van der Waals surface area contributed by atoms with E-state index in [4.69, 9.17) is 129 Å². The molecule has 0 aromatic rings. The van der Waals surface area contributed by atoms with Crippen LogP contribution in [0.1, 0.15) is 272 Å². The third kappa shape index (κ3) is 85.9. The molecule has 0 N–H and O–H groups in total. The molecular weight excluding hydrogens is 2180 g/mol. The van der Waals surface area contributed by atoms with Crippen molar-refractivity contribution in [3.05, 3.63) is 0 Å². The molecule has 6 heterocycles. The van der Waals surface area contributed by atoms with Gasteiger partial charge in [-0.1, -0.05) is 245 Å². The lowest BCUT2D eigenvalue weighted by Crippen LogP contribution is -2.52. The Morgan fingerprint density at radius 2 is 0.649 bits per heavy atom. The highest BCUT2D eigenvalue weighted by atomic mass is 28.5. The van der Waals surface area contributed by atoms with E-state index in [1.165, 1.54) is 82.0 Å². The van der Waals surface area contributed by atoms with Crippen LogP contribution in [-0.4, -0.2) is 307 Å². The predicted octanol–water partition coefficient (Wildman–Crippen LogP) is 9.73. The van der Waals surface area contributed by atoms with E-state index in [-0.39, 0.29) is 52.4 Å². The summed E-state index contributed by atoms with van der Waals surface area (Å²) in [4.78, 5) is 0. The van der Waals surface area contributed by atoms with Crippen LogP contribution in [0.2, 0.25) is 164 Å². The number of hydrogen-bond donors (Lipinski definition) is 0. The van der Waals surface area contributed by atoms with E-state index >= 15 is 0 Å². The molecule has 0 radical (unpaired) electrons. The van der Waals surface area contributed by atoms with Crippen molar-refractivity contribution >= 4 is 282 Å². The lowest BCUT2D eigenvalue weighted by molar-refractivity contribution is -0.0226. The van der Waals surface area contributed by atoms with Crippen molar-refractivity contribution in [3.63, 3.8) is 0 Å². The van der Waals surface area contributed by atoms with E-state index in [1.54, 1.807) is 0 Å². The fourth-order valence-electron chi connectivity index (χ4n) is 13.6. The first-order valence-electron chi connectivity index (χ1n) is 50.2. The average molecular weight is 2400 g/mol. The summed E-state index contributed by atoms with van der Waals surface area (Å²) in [5.41, 5.74) is 1.35. The van der Waals surface area contributed by atoms with Crippen molar-refractivity contribution in [2.24, 2.45) is 0 Å². The molecule has 0 aromatic carbocycles. The van der Waals surface area contributed by atoms with Crippen LogP contribution in [0.3, 0.4) is 0 Å². The van der Waals surface area contributed by atoms with Crippen LogP contribution < -0.4 is 0 Å². The Morgan fingerprint density at radius 3 is 1.09 bits per heavy atom. The van der Waals surface area contributed by atoms with Crippen LogP contribution in [0.25, 0.3) is 0 Å². The van der Waals surface area contributed by atoms with Gasteiger partial charge in [0.05, 0.1) is 6.10 Å². The highest BCUT2D eigenvalue weighted by Gasteiger charge is 2.43. The van der Waals surface area contributed by atoms with Crippen molar-refractivity contribution in [2.75, 3.05) is 0 Å². The van der Waals surface area contributed by atoms with Crippen LogP contribution in [0, 0.1) is 0 Å². The third-order valence-corrected chi connectivity index (χ3v) is 102. The van der Waals surface area contributed by atoms with Gasteiger partial charge in [0.25, 0.3) is 135 Å². The minimum absolute atomic E-state index is 0. The van der Waals surface area contributed by atoms with Gasteiger partial charge in [0.15, 0.2) is 36.2 Å². The summed E-state index contributed by atoms with van der Waals surface area (Å²) < 4.78 is 191. The zero-order valence-electron chi connectivity index (χ0n) is 89.6. The van der Waals surface area contributed by atoms with E-state index in [0.29, 0.717) is 0 Å². The predicted molar refractivity (Wildman–Crippen MR) is 630 cm³/mol. The molecule has 6 aliphatic rings. The molecule has 6 fully saturated rings. The van der Waals surface area contributed by atoms with Crippen molar-refractivity contribution in [2.45, 2.75) is 461 Å². The van der Waals surface area contributed by atoms with E-state index in [0.717, 1.165) is 49.1 Å². The van der Waals surface area contributed by atoms with Crippen LogP contribution >= 0.6 is 0 Å². The lowest BCUT2D eigenvalue weighted by Gasteiger charge is -2.37. The van der Waals surface area contributed by atoms with E-state index in [9.17, 15) is 0 Å². The average Bonchev–Trinajstić information content (AvgIpc) is 0.859. The molecule has 0 aromatic heterocycles. The van der Waals surface area contributed by atoms with Crippen LogP contribution in [0.4, 0.5) is 0 Å². The first kappa shape index (κ1) is 154. The molecule has 31 nitrogen and oxygen atoms in total. The summed E-state index contributed by atoms with van der Waals surface area (Å²) in [6.45, 7) is 84.7. The quantitative estimate of drug-likeness (QED) is 0.0405. The van der Waals surface area contributed by atoms with Crippen molar-refractivity contribution < 1.29 is 129 Å². The molecule has 804 valence electrons. The zero-order valence-corrected chi connectivity index (χ0v) is 126. The maximum atomic E-state index is 6.68. The SMILES string of the molecule is C.C.C.CC.CC.CC.CC.CC.CC.CC.CC.CC.CC.CC1C[SiH](C)O[SiH](C)O[SiH](O[SiH2]O[SiH2]O[SiH2]O[SiH]2OC(C)C(C)[SiH](O[SiH2]O[SiH2]O[SiH2]O[SiH]3OC(C)C[SiH](C)O[SiH](C)O3)O[SiH](C)O2)O1.CC1O[SiH](C)O[SiH](C)O[Si](C)(CCCCCC[SiH2]O[SiH](CCCCCC[Si]2(C)O[SiH](C)O[SiH](C)O[SiH](C)O2)O[SiH2]O[SiH2]CCCCCC[Si]2(C)O[SiH](C)C[SiH](C)O[SiH](C)O2)O1. The summed E-state index contributed by atoms with van der Waals surface area (Å²) in [7, 11) is -46.7. The summed E-state index contributed by atoms with van der Waals surface area (Å²) in [6.07, 6.45) is 14.3. The van der Waals surface area contributed by atoms with Crippen LogP contribution in [0.5, 0.6) is 0 Å². The molecular formula is C70H218O31Si30. The smallest absolute Gasteiger partial charge is 0.446 e. The maximum Gasteiger partial charge on any atom is 0.466 e. The van der Waals surface area contributed by atoms with Gasteiger partial charge < -0.3 is 129 Å². The standard InChI is InChI=1S/C32H90O14Si15.C15H56O17Si15.10C2H6.3CH4/c1-32-33-52(4)39-55(7)43-59(10,34-32)28-22-16-14-20-26-48-36-58(27-21-15-18-24-30-61(12)45-56(8)40-53(5)41-57(9)46-61)37-49-35-47-25-19-13-17-23-29-60(11)42-51(3)31-50(2)38-54(6)44-60;1-12-10-39(5)27-41(7)30-45(16-12)24-36-20-33-19-35-23-44-15(4)14(3)18-47(32-43(9)29-44)26-38-22-34-21-37-25-46-17-13(2)11-40(6)28-42(8)31-46;10*1-2;;;/h32,50-58H,13-31,47-49H2,1-12H3;12-15,39-47H,10-11,33-38H2,1-9H3;10*1-2H3;3*1H4.